The van der Waals surface area contributed by atoms with E-state index in [1.807, 2.05) is 0 Å². The molecular weight excluding hydrogens is 493 g/mol. The third-order valence-electron chi connectivity index (χ3n) is 3.80. The quantitative estimate of drug-likeness (QED) is 0.607. The van der Waals surface area contributed by atoms with Crippen LogP contribution in [0, 0.1) is 11.6 Å². The fourth-order valence-corrected chi connectivity index (χ4v) is 2.95. The number of carbonyl (C=O) groups is 2. The maximum atomic E-state index is 14.4. The number of hydrogen-bond donors (Lipinski definition) is 2. The molecule has 2 amide bonds. The van der Waals surface area contributed by atoms with E-state index in [4.69, 9.17) is 0 Å². The highest BCUT2D eigenvalue weighted by atomic mass is 79.9. The normalized spacial score (nSPS) is 13.1. The van der Waals surface area contributed by atoms with Gasteiger partial charge in [-0.2, -0.15) is 27.1 Å². The van der Waals surface area contributed by atoms with Gasteiger partial charge in [0.05, 0.1) is 4.47 Å². The topological polar surface area (TPSA) is 76.0 Å². The highest BCUT2D eigenvalue weighted by molar-refractivity contribution is 9.10. The summed E-state index contributed by atoms with van der Waals surface area (Å²) in [5.74, 6) is -10.4. The molecule has 2 rings (SSSR count). The van der Waals surface area contributed by atoms with Crippen LogP contribution in [0.4, 0.5) is 36.4 Å². The van der Waals surface area contributed by atoms with Crippen LogP contribution in [0.15, 0.2) is 22.7 Å². The zero-order valence-electron chi connectivity index (χ0n) is 15.0. The zero-order chi connectivity index (χ0) is 23.0. The molecule has 30 heavy (non-hydrogen) atoms. The summed E-state index contributed by atoms with van der Waals surface area (Å²) in [5, 5.41) is 6.61. The summed E-state index contributed by atoms with van der Waals surface area (Å²) in [7, 11) is 1.06. The van der Waals surface area contributed by atoms with Crippen molar-refractivity contribution in [2.75, 3.05) is 5.32 Å². The summed E-state index contributed by atoms with van der Waals surface area (Å²) in [6.45, 7) is 0.474. The number of alkyl halides is 5. The molecule has 14 heteroatoms. The van der Waals surface area contributed by atoms with E-state index in [0.717, 1.165) is 24.5 Å². The molecule has 0 radical (unpaired) electrons. The van der Waals surface area contributed by atoms with Crippen LogP contribution >= 0.6 is 15.9 Å². The van der Waals surface area contributed by atoms with Gasteiger partial charge in [-0.3, -0.25) is 14.3 Å². The lowest BCUT2D eigenvalue weighted by Gasteiger charge is -2.20. The highest BCUT2D eigenvalue weighted by Gasteiger charge is 2.49. The van der Waals surface area contributed by atoms with Crippen molar-refractivity contribution in [3.63, 3.8) is 0 Å². The van der Waals surface area contributed by atoms with Crippen LogP contribution < -0.4 is 10.6 Å². The maximum absolute atomic E-state index is 14.4. The maximum Gasteiger partial charge on any atom is 0.408 e. The smallest absolute Gasteiger partial charge is 0.339 e. The molecule has 1 aromatic heterocycles. The first-order chi connectivity index (χ1) is 13.7. The summed E-state index contributed by atoms with van der Waals surface area (Å²) >= 11 is 2.69. The van der Waals surface area contributed by atoms with Gasteiger partial charge in [-0.1, -0.05) is 0 Å². The van der Waals surface area contributed by atoms with Crippen LogP contribution in [-0.2, 0) is 17.8 Å². The van der Waals surface area contributed by atoms with Gasteiger partial charge in [-0.05, 0) is 35.0 Å². The molecular formula is C16H12BrF7N4O2. The van der Waals surface area contributed by atoms with Gasteiger partial charge in [-0.25, -0.2) is 8.78 Å². The molecule has 0 aliphatic rings. The minimum Gasteiger partial charge on any atom is -0.339 e. The Labute approximate surface area is 172 Å². The zero-order valence-corrected chi connectivity index (χ0v) is 16.6. The van der Waals surface area contributed by atoms with E-state index in [9.17, 15) is 40.3 Å². The Morgan fingerprint density at radius 1 is 1.13 bits per heavy atom. The summed E-state index contributed by atoms with van der Waals surface area (Å²) in [6.07, 6.45) is -4.96. The van der Waals surface area contributed by atoms with Crippen molar-refractivity contribution in [2.24, 2.45) is 7.05 Å². The van der Waals surface area contributed by atoms with Crippen LogP contribution in [0.2, 0.25) is 0 Å². The van der Waals surface area contributed by atoms with Crippen molar-refractivity contribution in [3.05, 3.63) is 45.7 Å². The van der Waals surface area contributed by atoms with E-state index in [-0.39, 0.29) is 5.69 Å². The van der Waals surface area contributed by atoms with E-state index < -0.39 is 57.5 Å². The Hall–Kier alpha value is -2.64. The molecule has 1 heterocycles. The van der Waals surface area contributed by atoms with Gasteiger partial charge in [0.2, 0.25) is 0 Å². The summed E-state index contributed by atoms with van der Waals surface area (Å²) in [5.41, 5.74) is -2.07. The second-order valence-electron chi connectivity index (χ2n) is 6.03. The largest absolute Gasteiger partial charge is 0.408 e. The summed E-state index contributed by atoms with van der Waals surface area (Å²) in [4.78, 5) is 24.1. The Morgan fingerprint density at radius 3 is 2.27 bits per heavy atom. The van der Waals surface area contributed by atoms with Crippen molar-refractivity contribution in [1.82, 2.24) is 15.1 Å². The van der Waals surface area contributed by atoms with Crippen molar-refractivity contribution in [1.29, 1.82) is 0 Å². The lowest BCUT2D eigenvalue weighted by atomic mass is 10.2. The molecule has 0 aliphatic heterocycles. The van der Waals surface area contributed by atoms with E-state index in [2.05, 4.69) is 26.3 Å². The van der Waals surface area contributed by atoms with Crippen LogP contribution in [0.3, 0.4) is 0 Å². The van der Waals surface area contributed by atoms with Crippen molar-refractivity contribution in [3.8, 4) is 0 Å². The van der Waals surface area contributed by atoms with Gasteiger partial charge in [0.25, 0.3) is 11.8 Å². The number of halogens is 8. The van der Waals surface area contributed by atoms with Gasteiger partial charge < -0.3 is 10.6 Å². The van der Waals surface area contributed by atoms with Crippen molar-refractivity contribution >= 4 is 33.4 Å². The number of aryl methyl sites for hydroxylation is 1. The van der Waals surface area contributed by atoms with E-state index in [0.29, 0.717) is 17.7 Å². The molecule has 2 N–H and O–H groups in total. The number of nitrogens with zero attached hydrogens (tertiary/aromatic N) is 2. The Morgan fingerprint density at radius 2 is 1.73 bits per heavy atom. The van der Waals surface area contributed by atoms with Gasteiger partial charge in [0, 0.05) is 18.8 Å². The molecule has 2 aromatic rings. The lowest BCUT2D eigenvalue weighted by Crippen LogP contribution is -2.48. The first-order valence-electron chi connectivity index (χ1n) is 7.91. The number of benzene rings is 1. The summed E-state index contributed by atoms with van der Waals surface area (Å²) in [6, 6.07) is -0.203. The predicted octanol–water partition coefficient (Wildman–Crippen LogP) is 3.87. The first-order valence-corrected chi connectivity index (χ1v) is 8.70. The SMILES string of the molecule is CC(NC(=O)C(F)(F)c1nn(C)c(C(=O)Nc2ccc(F)c(F)c2)c1Br)C(F)(F)F. The van der Waals surface area contributed by atoms with E-state index in [1.54, 1.807) is 0 Å². The fourth-order valence-electron chi connectivity index (χ4n) is 2.19. The van der Waals surface area contributed by atoms with Crippen LogP contribution in [-0.4, -0.2) is 33.8 Å². The minimum absolute atomic E-state index is 0.211. The number of amides is 2. The molecule has 0 saturated heterocycles. The number of hydrogen-bond acceptors (Lipinski definition) is 3. The van der Waals surface area contributed by atoms with Crippen LogP contribution in [0.5, 0.6) is 0 Å². The second kappa shape index (κ2) is 8.24. The molecule has 0 saturated carbocycles. The number of nitrogens with one attached hydrogen (secondary N) is 2. The first kappa shape index (κ1) is 23.6. The minimum atomic E-state index is -4.96. The van der Waals surface area contributed by atoms with E-state index >= 15 is 0 Å². The van der Waals surface area contributed by atoms with Crippen LogP contribution in [0.25, 0.3) is 0 Å². The van der Waals surface area contributed by atoms with E-state index in [1.165, 1.54) is 0 Å². The molecule has 0 aliphatic carbocycles. The molecule has 1 unspecified atom stereocenters. The number of carbonyl (C=O) groups excluding carboxylic acids is 2. The second-order valence-corrected chi connectivity index (χ2v) is 6.82. The molecule has 1 aromatic carbocycles. The van der Waals surface area contributed by atoms with Gasteiger partial charge in [0.1, 0.15) is 11.7 Å². The third kappa shape index (κ3) is 4.74. The van der Waals surface area contributed by atoms with Crippen molar-refractivity contribution < 1.29 is 40.3 Å². The van der Waals surface area contributed by atoms with Gasteiger partial charge in [0.15, 0.2) is 17.3 Å². The van der Waals surface area contributed by atoms with Crippen molar-refractivity contribution in [2.45, 2.75) is 25.1 Å². The van der Waals surface area contributed by atoms with Gasteiger partial charge in [-0.15, -0.1) is 0 Å². The predicted molar refractivity (Wildman–Crippen MR) is 92.8 cm³/mol. The lowest BCUT2D eigenvalue weighted by molar-refractivity contribution is -0.169. The highest BCUT2D eigenvalue weighted by Crippen LogP contribution is 2.36. The molecule has 0 fully saturated rings. The average Bonchev–Trinajstić information content (AvgIpc) is 2.92. The number of anilines is 1. The average molecular weight is 505 g/mol. The standard InChI is InChI=1S/C16H12BrF7N4O2/c1-6(16(22,23)24)25-14(30)15(20,21)12-10(17)11(28(2)27-12)13(29)26-7-3-4-8(18)9(19)5-7/h3-6H,1-2H3,(H,25,30)(H,26,29). The molecule has 6 nitrogen and oxygen atoms in total. The number of aromatic nitrogens is 2. The number of rotatable bonds is 5. The Bertz CT molecular complexity index is 991. The third-order valence-corrected chi connectivity index (χ3v) is 4.55. The molecule has 1 atom stereocenters. The Balaban J connectivity index is 2.32. The molecule has 0 spiro atoms. The summed E-state index contributed by atoms with van der Waals surface area (Å²) < 4.78 is 92.6. The molecule has 0 bridgehead atoms. The van der Waals surface area contributed by atoms with Crippen LogP contribution in [0.1, 0.15) is 23.1 Å². The Kier molecular flexibility index (Phi) is 6.49. The fraction of sp³-hybridized carbons (Fsp3) is 0.312. The monoisotopic (exact) mass is 504 g/mol. The van der Waals surface area contributed by atoms with Gasteiger partial charge >= 0.3 is 12.1 Å². The molecule has 164 valence electrons.